The van der Waals surface area contributed by atoms with E-state index in [9.17, 15) is 14.4 Å². The van der Waals surface area contributed by atoms with Crippen LogP contribution in [0.1, 0.15) is 27.2 Å². The van der Waals surface area contributed by atoms with Crippen molar-refractivity contribution in [3.8, 4) is 0 Å². The van der Waals surface area contributed by atoms with E-state index in [1.165, 1.54) is 4.90 Å². The van der Waals surface area contributed by atoms with Crippen molar-refractivity contribution in [1.29, 1.82) is 0 Å². The Morgan fingerprint density at radius 1 is 1.45 bits per heavy atom. The maximum atomic E-state index is 11.9. The van der Waals surface area contributed by atoms with Crippen LogP contribution in [0.25, 0.3) is 0 Å². The van der Waals surface area contributed by atoms with Gasteiger partial charge in [-0.2, -0.15) is 0 Å². The van der Waals surface area contributed by atoms with Gasteiger partial charge in [0.2, 0.25) is 0 Å². The number of halogens is 1. The Morgan fingerprint density at radius 3 is 2.40 bits per heavy atom. The molecule has 0 aromatic heterocycles. The first kappa shape index (κ1) is 18.7. The molecule has 7 nitrogen and oxygen atoms in total. The molecule has 116 valence electrons. The van der Waals surface area contributed by atoms with E-state index in [2.05, 4.69) is 5.32 Å². The largest absolute Gasteiger partial charge is 0.480 e. The van der Waals surface area contributed by atoms with Crippen molar-refractivity contribution in [2.24, 2.45) is 0 Å². The minimum atomic E-state index is -0.890. The predicted octanol–water partition coefficient (Wildman–Crippen LogP) is 0.534. The van der Waals surface area contributed by atoms with Crippen molar-refractivity contribution in [2.75, 3.05) is 20.1 Å². The number of hydrogen-bond acceptors (Lipinski definition) is 4. The van der Waals surface area contributed by atoms with E-state index in [0.717, 1.165) is 0 Å². The SMILES string of the molecule is CC(C(=O)O)N(C)CCCN1C(=O)NC(C)(C)C1=O.Cl. The zero-order valence-electron chi connectivity index (χ0n) is 12.2. The van der Waals surface area contributed by atoms with Crippen molar-refractivity contribution in [2.45, 2.75) is 38.8 Å². The Bertz CT molecular complexity index is 400. The molecule has 8 heteroatoms. The van der Waals surface area contributed by atoms with E-state index in [0.29, 0.717) is 19.5 Å². The predicted molar refractivity (Wildman–Crippen MR) is 75.9 cm³/mol. The first-order chi connectivity index (χ1) is 8.66. The fraction of sp³-hybridized carbons (Fsp3) is 0.750. The molecule has 1 saturated heterocycles. The summed E-state index contributed by atoms with van der Waals surface area (Å²) in [5.74, 6) is -1.13. The molecule has 0 aliphatic carbocycles. The molecular formula is C12H22ClN3O4. The van der Waals surface area contributed by atoms with Crippen LogP contribution in [0.2, 0.25) is 0 Å². The number of rotatable bonds is 6. The van der Waals surface area contributed by atoms with E-state index >= 15 is 0 Å². The molecule has 0 aromatic rings. The molecule has 0 saturated carbocycles. The summed E-state index contributed by atoms with van der Waals surface area (Å²) in [6.45, 7) is 5.71. The maximum Gasteiger partial charge on any atom is 0.325 e. The Hall–Kier alpha value is -1.34. The van der Waals surface area contributed by atoms with Crippen LogP contribution in [0.4, 0.5) is 4.79 Å². The first-order valence-electron chi connectivity index (χ1n) is 6.24. The summed E-state index contributed by atoms with van der Waals surface area (Å²) >= 11 is 0. The second kappa shape index (κ2) is 6.90. The summed E-state index contributed by atoms with van der Waals surface area (Å²) in [6.07, 6.45) is 0.545. The normalized spacial score (nSPS) is 18.8. The van der Waals surface area contributed by atoms with Crippen LogP contribution < -0.4 is 5.32 Å². The number of urea groups is 1. The molecule has 1 rings (SSSR count). The van der Waals surface area contributed by atoms with Gasteiger partial charge in [-0.25, -0.2) is 4.79 Å². The Morgan fingerprint density at radius 2 is 2.00 bits per heavy atom. The van der Waals surface area contributed by atoms with Crippen molar-refractivity contribution in [1.82, 2.24) is 15.1 Å². The van der Waals surface area contributed by atoms with Crippen LogP contribution in [0.5, 0.6) is 0 Å². The van der Waals surface area contributed by atoms with Crippen LogP contribution in [-0.4, -0.2) is 64.5 Å². The molecule has 1 fully saturated rings. The van der Waals surface area contributed by atoms with Gasteiger partial charge in [0.05, 0.1) is 0 Å². The van der Waals surface area contributed by atoms with Crippen LogP contribution in [0, 0.1) is 0 Å². The van der Waals surface area contributed by atoms with Gasteiger partial charge in [0.15, 0.2) is 0 Å². The average Bonchev–Trinajstić information content (AvgIpc) is 2.49. The fourth-order valence-corrected chi connectivity index (χ4v) is 1.88. The average molecular weight is 308 g/mol. The molecular weight excluding hydrogens is 286 g/mol. The lowest BCUT2D eigenvalue weighted by Gasteiger charge is -2.22. The molecule has 0 spiro atoms. The lowest BCUT2D eigenvalue weighted by molar-refractivity contribution is -0.142. The van der Waals surface area contributed by atoms with Crippen LogP contribution in [0.15, 0.2) is 0 Å². The lowest BCUT2D eigenvalue weighted by Crippen LogP contribution is -2.41. The van der Waals surface area contributed by atoms with Crippen molar-refractivity contribution < 1.29 is 19.5 Å². The van der Waals surface area contributed by atoms with Crippen LogP contribution in [0.3, 0.4) is 0 Å². The third-order valence-corrected chi connectivity index (χ3v) is 3.36. The highest BCUT2D eigenvalue weighted by Gasteiger charge is 2.43. The number of carboxylic acids is 1. The number of imide groups is 1. The monoisotopic (exact) mass is 307 g/mol. The first-order valence-corrected chi connectivity index (χ1v) is 6.24. The summed E-state index contributed by atoms with van der Waals surface area (Å²) in [6, 6.07) is -0.969. The molecule has 1 aliphatic rings. The van der Waals surface area contributed by atoms with Crippen LogP contribution in [-0.2, 0) is 9.59 Å². The van der Waals surface area contributed by atoms with Gasteiger partial charge >= 0.3 is 12.0 Å². The summed E-state index contributed by atoms with van der Waals surface area (Å²) in [5, 5.41) is 11.4. The summed E-state index contributed by atoms with van der Waals surface area (Å²) in [4.78, 5) is 37.1. The van der Waals surface area contributed by atoms with Gasteiger partial charge in [0.1, 0.15) is 11.6 Å². The Kier molecular flexibility index (Phi) is 6.43. The number of carbonyl (C=O) groups excluding carboxylic acids is 2. The molecule has 0 aromatic carbocycles. The molecule has 0 radical (unpaired) electrons. The highest BCUT2D eigenvalue weighted by atomic mass is 35.5. The van der Waals surface area contributed by atoms with E-state index in [1.807, 2.05) is 0 Å². The smallest absolute Gasteiger partial charge is 0.325 e. The maximum absolute atomic E-state index is 11.9. The van der Waals surface area contributed by atoms with E-state index in [4.69, 9.17) is 5.11 Å². The number of aliphatic carboxylic acids is 1. The lowest BCUT2D eigenvalue weighted by atomic mass is 10.1. The van der Waals surface area contributed by atoms with Crippen molar-refractivity contribution >= 4 is 30.3 Å². The third kappa shape index (κ3) is 4.08. The highest BCUT2D eigenvalue weighted by Crippen LogP contribution is 2.16. The van der Waals surface area contributed by atoms with Gasteiger partial charge in [-0.3, -0.25) is 19.4 Å². The zero-order chi connectivity index (χ0) is 14.8. The number of nitrogens with zero attached hydrogens (tertiary/aromatic N) is 2. The minimum absolute atomic E-state index is 0. The number of amides is 3. The van der Waals surface area contributed by atoms with Gasteiger partial charge in [-0.15, -0.1) is 12.4 Å². The van der Waals surface area contributed by atoms with Gasteiger partial charge in [0.25, 0.3) is 5.91 Å². The van der Waals surface area contributed by atoms with Gasteiger partial charge in [0, 0.05) is 13.1 Å². The summed E-state index contributed by atoms with van der Waals surface area (Å²) in [7, 11) is 1.70. The Balaban J connectivity index is 0.00000361. The molecule has 1 heterocycles. The molecule has 1 atom stereocenters. The Labute approximate surface area is 124 Å². The number of carboxylic acid groups (broad SMARTS) is 1. The molecule has 20 heavy (non-hydrogen) atoms. The van der Waals surface area contributed by atoms with Gasteiger partial charge in [-0.05, 0) is 34.2 Å². The molecule has 2 N–H and O–H groups in total. The van der Waals surface area contributed by atoms with E-state index in [1.54, 1.807) is 32.7 Å². The summed E-state index contributed by atoms with van der Waals surface area (Å²) < 4.78 is 0. The number of likely N-dealkylation sites (N-methyl/N-ethyl adjacent to an activating group) is 1. The van der Waals surface area contributed by atoms with Crippen molar-refractivity contribution in [3.63, 3.8) is 0 Å². The number of hydrogen-bond donors (Lipinski definition) is 2. The molecule has 1 aliphatic heterocycles. The molecule has 1 unspecified atom stereocenters. The fourth-order valence-electron chi connectivity index (χ4n) is 1.88. The minimum Gasteiger partial charge on any atom is -0.480 e. The second-order valence-corrected chi connectivity index (χ2v) is 5.36. The molecule has 0 bridgehead atoms. The van der Waals surface area contributed by atoms with E-state index in [-0.39, 0.29) is 24.3 Å². The van der Waals surface area contributed by atoms with Crippen LogP contribution >= 0.6 is 12.4 Å². The highest BCUT2D eigenvalue weighted by molar-refractivity contribution is 6.06. The summed E-state index contributed by atoms with van der Waals surface area (Å²) in [5.41, 5.74) is -0.850. The number of nitrogens with one attached hydrogen (secondary N) is 1. The zero-order valence-corrected chi connectivity index (χ0v) is 13.0. The third-order valence-electron chi connectivity index (χ3n) is 3.36. The number of carbonyl (C=O) groups is 3. The standard InChI is InChI=1S/C12H21N3O4.ClH/c1-8(9(16)17)14(4)6-5-7-15-10(18)12(2,3)13-11(15)19;/h8H,5-7H2,1-4H3,(H,13,19)(H,16,17);1H. The van der Waals surface area contributed by atoms with Gasteiger partial charge < -0.3 is 10.4 Å². The second-order valence-electron chi connectivity index (χ2n) is 5.36. The van der Waals surface area contributed by atoms with Crippen molar-refractivity contribution in [3.05, 3.63) is 0 Å². The topological polar surface area (TPSA) is 89.9 Å². The molecule has 3 amide bonds. The van der Waals surface area contributed by atoms with Gasteiger partial charge in [-0.1, -0.05) is 0 Å². The quantitative estimate of drug-likeness (QED) is 0.699. The van der Waals surface area contributed by atoms with E-state index < -0.39 is 17.6 Å².